The van der Waals surface area contributed by atoms with E-state index in [0.29, 0.717) is 18.1 Å². The molecule has 0 saturated carbocycles. The quantitative estimate of drug-likeness (QED) is 0.115. The van der Waals surface area contributed by atoms with Crippen molar-refractivity contribution in [3.05, 3.63) is 59.7 Å². The van der Waals surface area contributed by atoms with Crippen molar-refractivity contribution < 1.29 is 14.3 Å². The first kappa shape index (κ1) is 41.3. The third-order valence-electron chi connectivity index (χ3n) is 4.91. The number of hydrogen-bond donors (Lipinski definition) is 0. The van der Waals surface area contributed by atoms with Crippen molar-refractivity contribution in [2.45, 2.75) is 120 Å². The van der Waals surface area contributed by atoms with E-state index in [4.69, 9.17) is 4.74 Å². The summed E-state index contributed by atoms with van der Waals surface area (Å²) in [5.41, 5.74) is 2.01. The van der Waals surface area contributed by atoms with Crippen LogP contribution in [0.1, 0.15) is 119 Å². The Balaban J connectivity index is -0.000000298. The molecular formula is C33H62O3. The number of carbonyl (C=O) groups excluding carboxylic acids is 1. The normalized spacial score (nSPS) is 10.8. The molecule has 0 aromatic heterocycles. The van der Waals surface area contributed by atoms with Crippen LogP contribution in [0.2, 0.25) is 0 Å². The number of methoxy groups -OCH3 is 1. The number of allylic oxidation sites excluding steroid dienone is 3. The number of unbranched alkanes of at least 4 members (excludes halogenated alkanes) is 5. The van der Waals surface area contributed by atoms with Crippen molar-refractivity contribution in [3.8, 4) is 0 Å². The van der Waals surface area contributed by atoms with Gasteiger partial charge in [0.1, 0.15) is 0 Å². The Morgan fingerprint density at radius 3 is 1.83 bits per heavy atom. The third kappa shape index (κ3) is 34.3. The fourth-order valence-corrected chi connectivity index (χ4v) is 2.93. The molecule has 0 aliphatic heterocycles. The molecule has 36 heavy (non-hydrogen) atoms. The zero-order chi connectivity index (χ0) is 28.5. The van der Waals surface area contributed by atoms with Gasteiger partial charge in [0, 0.05) is 19.8 Å². The molecular weight excluding hydrogens is 444 g/mol. The summed E-state index contributed by atoms with van der Waals surface area (Å²) in [6.07, 6.45) is 16.9. The second-order valence-electron chi connectivity index (χ2n) is 8.16. The molecule has 0 N–H and O–H groups in total. The number of aryl methyl sites for hydroxylation is 1. The van der Waals surface area contributed by atoms with E-state index in [2.05, 4.69) is 50.6 Å². The maximum absolute atomic E-state index is 11.8. The third-order valence-corrected chi connectivity index (χ3v) is 4.91. The predicted octanol–water partition coefficient (Wildman–Crippen LogP) is 10.5. The first-order valence-electron chi connectivity index (χ1n) is 14.4. The molecule has 1 rings (SSSR count). The number of benzene rings is 1. The Labute approximate surface area is 226 Å². The molecule has 0 bridgehead atoms. The monoisotopic (exact) mass is 506 g/mol. The van der Waals surface area contributed by atoms with Gasteiger partial charge in [-0.25, -0.2) is 4.79 Å². The molecule has 1 atom stereocenters. The average molecular weight is 507 g/mol. The van der Waals surface area contributed by atoms with E-state index < -0.39 is 0 Å². The molecule has 0 spiro atoms. The fraction of sp³-hybridized carbons (Fsp3) is 0.667. The first-order valence-corrected chi connectivity index (χ1v) is 14.4. The van der Waals surface area contributed by atoms with Gasteiger partial charge in [-0.1, -0.05) is 141 Å². The summed E-state index contributed by atoms with van der Waals surface area (Å²) in [5.74, 6) is 0.440. The highest BCUT2D eigenvalue weighted by Gasteiger charge is 2.04. The molecule has 0 amide bonds. The van der Waals surface area contributed by atoms with Crippen LogP contribution in [0.25, 0.3) is 0 Å². The standard InChI is InChI=1S/C20H36O2.C7H8.C2H6O.2C2H6/c1-5-8-9-10-11-12-17-22-20(21)18(4)15-13-16-19(7-3)14-6-2;1-7-5-3-2-4-6-7;1-3-2;2*1-2/h13,15-16,19H,5-12,14,17H2,1-4H3;2-6H,1H3;1-2H3;2*1-2H3/b16-13+,18-15-;;;;. The molecule has 0 radical (unpaired) electrons. The van der Waals surface area contributed by atoms with Gasteiger partial charge in [0.2, 0.25) is 0 Å². The second kappa shape index (κ2) is 37.7. The van der Waals surface area contributed by atoms with Crippen LogP contribution in [0.4, 0.5) is 0 Å². The van der Waals surface area contributed by atoms with Crippen molar-refractivity contribution in [1.29, 1.82) is 0 Å². The summed E-state index contributed by atoms with van der Waals surface area (Å²) in [5, 5.41) is 0. The van der Waals surface area contributed by atoms with Gasteiger partial charge in [0.25, 0.3) is 0 Å². The van der Waals surface area contributed by atoms with E-state index in [0.717, 1.165) is 19.3 Å². The highest BCUT2D eigenvalue weighted by Crippen LogP contribution is 2.12. The van der Waals surface area contributed by atoms with Gasteiger partial charge >= 0.3 is 5.97 Å². The van der Waals surface area contributed by atoms with E-state index in [-0.39, 0.29) is 5.97 Å². The van der Waals surface area contributed by atoms with Crippen LogP contribution in [0.5, 0.6) is 0 Å². The van der Waals surface area contributed by atoms with Crippen LogP contribution >= 0.6 is 0 Å². The minimum Gasteiger partial charge on any atom is -0.462 e. The Morgan fingerprint density at radius 2 is 1.39 bits per heavy atom. The Kier molecular flexibility index (Phi) is 43.2. The molecule has 0 heterocycles. The highest BCUT2D eigenvalue weighted by molar-refractivity contribution is 5.88. The Hall–Kier alpha value is -1.87. The summed E-state index contributed by atoms with van der Waals surface area (Å²) in [6, 6.07) is 10.3. The fourth-order valence-electron chi connectivity index (χ4n) is 2.93. The summed E-state index contributed by atoms with van der Waals surface area (Å²) in [7, 11) is 3.25. The van der Waals surface area contributed by atoms with Crippen LogP contribution in [0, 0.1) is 12.8 Å². The Bertz CT molecular complexity index is 576. The molecule has 0 aliphatic carbocycles. The van der Waals surface area contributed by atoms with Crippen LogP contribution in [-0.2, 0) is 14.3 Å². The number of hydrogen-bond acceptors (Lipinski definition) is 3. The smallest absolute Gasteiger partial charge is 0.333 e. The van der Waals surface area contributed by atoms with Gasteiger partial charge in [0.15, 0.2) is 0 Å². The van der Waals surface area contributed by atoms with Crippen LogP contribution in [-0.4, -0.2) is 26.8 Å². The number of ether oxygens (including phenoxy) is 2. The summed E-state index contributed by atoms with van der Waals surface area (Å²) < 4.78 is 9.55. The summed E-state index contributed by atoms with van der Waals surface area (Å²) >= 11 is 0. The Morgan fingerprint density at radius 1 is 0.861 bits per heavy atom. The van der Waals surface area contributed by atoms with Crippen molar-refractivity contribution in [2.75, 3.05) is 20.8 Å². The molecule has 212 valence electrons. The van der Waals surface area contributed by atoms with Gasteiger partial charge < -0.3 is 9.47 Å². The number of rotatable bonds is 13. The van der Waals surface area contributed by atoms with Gasteiger partial charge in [-0.15, -0.1) is 0 Å². The van der Waals surface area contributed by atoms with Gasteiger partial charge in [-0.05, 0) is 39.0 Å². The van der Waals surface area contributed by atoms with Crippen LogP contribution in [0.3, 0.4) is 0 Å². The number of carbonyl (C=O) groups is 1. The predicted molar refractivity (Wildman–Crippen MR) is 163 cm³/mol. The molecule has 1 aromatic carbocycles. The van der Waals surface area contributed by atoms with Gasteiger partial charge in [-0.3, -0.25) is 0 Å². The summed E-state index contributed by atoms with van der Waals surface area (Å²) in [6.45, 7) is 19.1. The van der Waals surface area contributed by atoms with E-state index in [1.54, 1.807) is 14.2 Å². The second-order valence-corrected chi connectivity index (χ2v) is 8.16. The lowest BCUT2D eigenvalue weighted by molar-refractivity contribution is -0.139. The van der Waals surface area contributed by atoms with Crippen molar-refractivity contribution in [1.82, 2.24) is 0 Å². The van der Waals surface area contributed by atoms with E-state index in [9.17, 15) is 4.79 Å². The minimum absolute atomic E-state index is 0.179. The van der Waals surface area contributed by atoms with Crippen molar-refractivity contribution in [3.63, 3.8) is 0 Å². The number of esters is 1. The molecule has 0 fully saturated rings. The molecule has 0 saturated heterocycles. The van der Waals surface area contributed by atoms with Gasteiger partial charge in [0.05, 0.1) is 6.61 Å². The van der Waals surface area contributed by atoms with E-state index in [1.807, 2.05) is 65.0 Å². The zero-order valence-corrected chi connectivity index (χ0v) is 26.0. The largest absolute Gasteiger partial charge is 0.462 e. The molecule has 3 heteroatoms. The lowest BCUT2D eigenvalue weighted by Crippen LogP contribution is -2.07. The molecule has 0 aliphatic rings. The van der Waals surface area contributed by atoms with Gasteiger partial charge in [-0.2, -0.15) is 0 Å². The molecule has 1 aromatic rings. The minimum atomic E-state index is -0.179. The highest BCUT2D eigenvalue weighted by atomic mass is 16.5. The zero-order valence-electron chi connectivity index (χ0n) is 26.0. The van der Waals surface area contributed by atoms with E-state index >= 15 is 0 Å². The van der Waals surface area contributed by atoms with Crippen LogP contribution in [0.15, 0.2) is 54.1 Å². The van der Waals surface area contributed by atoms with Crippen molar-refractivity contribution in [2.24, 2.45) is 5.92 Å². The molecule has 3 nitrogen and oxygen atoms in total. The lowest BCUT2D eigenvalue weighted by atomic mass is 10.0. The maximum Gasteiger partial charge on any atom is 0.333 e. The first-order chi connectivity index (χ1) is 17.5. The van der Waals surface area contributed by atoms with Crippen molar-refractivity contribution >= 4 is 5.97 Å². The molecule has 1 unspecified atom stereocenters. The maximum atomic E-state index is 11.8. The topological polar surface area (TPSA) is 35.5 Å². The summed E-state index contributed by atoms with van der Waals surface area (Å²) in [4.78, 5) is 11.8. The SMILES string of the molecule is CC.CC.CCCCCCCCOC(=O)/C(C)=C\C=C\C(CC)CCC.COC.Cc1ccccc1. The van der Waals surface area contributed by atoms with E-state index in [1.165, 1.54) is 44.1 Å². The average Bonchev–Trinajstić information content (AvgIpc) is 2.91. The lowest BCUT2D eigenvalue weighted by Gasteiger charge is -2.07. The van der Waals surface area contributed by atoms with Crippen LogP contribution < -0.4 is 0 Å².